The Balaban J connectivity index is 2.06. The van der Waals surface area contributed by atoms with Crippen LogP contribution in [0.1, 0.15) is 18.9 Å². The van der Waals surface area contributed by atoms with E-state index in [0.717, 1.165) is 19.4 Å². The molecule has 0 aromatic heterocycles. The number of hydrogen-bond acceptors (Lipinski definition) is 4. The Kier molecular flexibility index (Phi) is 9.92. The van der Waals surface area contributed by atoms with Crippen LogP contribution in [-0.4, -0.2) is 46.7 Å². The second kappa shape index (κ2) is 11.7. The SMILES string of the molecule is CCCc1ccccc1NCCOCCOCCOC. The Morgan fingerprint density at radius 3 is 2.40 bits per heavy atom. The first kappa shape index (κ1) is 17.0. The number of rotatable bonds is 12. The molecule has 0 fully saturated rings. The van der Waals surface area contributed by atoms with E-state index in [1.807, 2.05) is 0 Å². The number of benzene rings is 1. The average molecular weight is 281 g/mol. The largest absolute Gasteiger partial charge is 0.383 e. The Morgan fingerprint density at radius 1 is 0.950 bits per heavy atom. The fraction of sp³-hybridized carbons (Fsp3) is 0.625. The van der Waals surface area contributed by atoms with Gasteiger partial charge in [-0.05, 0) is 18.1 Å². The van der Waals surface area contributed by atoms with Crippen LogP contribution < -0.4 is 5.32 Å². The van der Waals surface area contributed by atoms with Crippen LogP contribution in [0, 0.1) is 0 Å². The standard InChI is InChI=1S/C16H27NO3/c1-3-6-15-7-4-5-8-16(15)17-9-10-19-13-14-20-12-11-18-2/h4-5,7-8,17H,3,6,9-14H2,1-2H3. The first-order chi connectivity index (χ1) is 9.88. The smallest absolute Gasteiger partial charge is 0.0701 e. The van der Waals surface area contributed by atoms with Crippen LogP contribution in [-0.2, 0) is 20.6 Å². The number of anilines is 1. The van der Waals surface area contributed by atoms with Gasteiger partial charge in [0.25, 0.3) is 0 Å². The van der Waals surface area contributed by atoms with Gasteiger partial charge in [0.05, 0.1) is 33.0 Å². The van der Waals surface area contributed by atoms with Gasteiger partial charge in [0.15, 0.2) is 0 Å². The van der Waals surface area contributed by atoms with Gasteiger partial charge in [-0.25, -0.2) is 0 Å². The van der Waals surface area contributed by atoms with E-state index in [2.05, 4.69) is 36.5 Å². The van der Waals surface area contributed by atoms with Crippen LogP contribution in [0.3, 0.4) is 0 Å². The van der Waals surface area contributed by atoms with E-state index >= 15 is 0 Å². The number of ether oxygens (including phenoxy) is 3. The van der Waals surface area contributed by atoms with Crippen LogP contribution in [0.2, 0.25) is 0 Å². The van der Waals surface area contributed by atoms with Crippen molar-refractivity contribution in [2.24, 2.45) is 0 Å². The third kappa shape index (κ3) is 7.48. The highest BCUT2D eigenvalue weighted by Crippen LogP contribution is 2.16. The minimum absolute atomic E-state index is 0.621. The maximum atomic E-state index is 5.51. The molecule has 1 aromatic carbocycles. The lowest BCUT2D eigenvalue weighted by Gasteiger charge is -2.11. The molecular weight excluding hydrogens is 254 g/mol. The van der Waals surface area contributed by atoms with Gasteiger partial charge in [-0.1, -0.05) is 31.5 Å². The summed E-state index contributed by atoms with van der Waals surface area (Å²) >= 11 is 0. The molecule has 0 aliphatic carbocycles. The molecule has 1 aromatic rings. The molecule has 0 spiro atoms. The fourth-order valence-electron chi connectivity index (χ4n) is 1.90. The maximum Gasteiger partial charge on any atom is 0.0701 e. The number of para-hydroxylation sites is 1. The van der Waals surface area contributed by atoms with Crippen LogP contribution in [0.4, 0.5) is 5.69 Å². The van der Waals surface area contributed by atoms with Gasteiger partial charge in [0.1, 0.15) is 0 Å². The molecule has 0 aliphatic rings. The van der Waals surface area contributed by atoms with E-state index in [1.54, 1.807) is 7.11 Å². The van der Waals surface area contributed by atoms with Crippen molar-refractivity contribution >= 4 is 5.69 Å². The molecule has 20 heavy (non-hydrogen) atoms. The van der Waals surface area contributed by atoms with Gasteiger partial charge in [0.2, 0.25) is 0 Å². The lowest BCUT2D eigenvalue weighted by Crippen LogP contribution is -2.14. The quantitative estimate of drug-likeness (QED) is 0.598. The lowest BCUT2D eigenvalue weighted by atomic mass is 10.1. The molecular formula is C16H27NO3. The normalized spacial score (nSPS) is 10.7. The summed E-state index contributed by atoms with van der Waals surface area (Å²) in [6.45, 7) is 6.21. The zero-order valence-corrected chi connectivity index (χ0v) is 12.7. The van der Waals surface area contributed by atoms with Gasteiger partial charge < -0.3 is 19.5 Å². The topological polar surface area (TPSA) is 39.7 Å². The Morgan fingerprint density at radius 2 is 1.65 bits per heavy atom. The molecule has 0 unspecified atom stereocenters. The van der Waals surface area contributed by atoms with Gasteiger partial charge in [0, 0.05) is 19.3 Å². The Labute approximate surface area is 122 Å². The maximum absolute atomic E-state index is 5.51. The predicted octanol–water partition coefficient (Wildman–Crippen LogP) is 2.73. The summed E-state index contributed by atoms with van der Waals surface area (Å²) in [5, 5.41) is 3.42. The van der Waals surface area contributed by atoms with Crippen molar-refractivity contribution in [3.05, 3.63) is 29.8 Å². The minimum atomic E-state index is 0.621. The van der Waals surface area contributed by atoms with Crippen molar-refractivity contribution in [1.29, 1.82) is 0 Å². The van der Waals surface area contributed by atoms with E-state index in [4.69, 9.17) is 14.2 Å². The summed E-state index contributed by atoms with van der Waals surface area (Å²) in [6, 6.07) is 8.45. The molecule has 0 aliphatic heterocycles. The molecule has 0 saturated heterocycles. The van der Waals surface area contributed by atoms with Crippen molar-refractivity contribution in [3.63, 3.8) is 0 Å². The summed E-state index contributed by atoms with van der Waals surface area (Å²) in [6.07, 6.45) is 2.27. The van der Waals surface area contributed by atoms with E-state index < -0.39 is 0 Å². The molecule has 0 bridgehead atoms. The summed E-state index contributed by atoms with van der Waals surface area (Å²) < 4.78 is 15.7. The molecule has 1 rings (SSSR count). The van der Waals surface area contributed by atoms with E-state index in [-0.39, 0.29) is 0 Å². The number of hydrogen-bond donors (Lipinski definition) is 1. The van der Waals surface area contributed by atoms with Crippen molar-refractivity contribution in [1.82, 2.24) is 0 Å². The van der Waals surface area contributed by atoms with Crippen molar-refractivity contribution in [2.45, 2.75) is 19.8 Å². The third-order valence-corrected chi connectivity index (χ3v) is 2.90. The molecule has 0 amide bonds. The Bertz CT molecular complexity index is 344. The molecule has 0 radical (unpaired) electrons. The van der Waals surface area contributed by atoms with E-state index in [1.165, 1.54) is 11.3 Å². The first-order valence-electron chi connectivity index (χ1n) is 7.34. The summed E-state index contributed by atoms with van der Waals surface area (Å²) in [4.78, 5) is 0. The highest BCUT2D eigenvalue weighted by molar-refractivity contribution is 5.51. The molecule has 4 heteroatoms. The van der Waals surface area contributed by atoms with Crippen LogP contribution in [0.25, 0.3) is 0 Å². The fourth-order valence-corrected chi connectivity index (χ4v) is 1.90. The van der Waals surface area contributed by atoms with Gasteiger partial charge in [-0.3, -0.25) is 0 Å². The van der Waals surface area contributed by atoms with Gasteiger partial charge >= 0.3 is 0 Å². The van der Waals surface area contributed by atoms with Crippen LogP contribution >= 0.6 is 0 Å². The molecule has 0 atom stereocenters. The second-order valence-electron chi connectivity index (χ2n) is 4.55. The zero-order valence-electron chi connectivity index (χ0n) is 12.7. The molecule has 114 valence electrons. The van der Waals surface area contributed by atoms with Crippen molar-refractivity contribution < 1.29 is 14.2 Å². The highest BCUT2D eigenvalue weighted by atomic mass is 16.5. The highest BCUT2D eigenvalue weighted by Gasteiger charge is 1.99. The van der Waals surface area contributed by atoms with Crippen LogP contribution in [0.5, 0.6) is 0 Å². The predicted molar refractivity (Wildman–Crippen MR) is 82.4 cm³/mol. The summed E-state index contributed by atoms with van der Waals surface area (Å²) in [5.74, 6) is 0. The molecule has 0 saturated carbocycles. The molecule has 4 nitrogen and oxygen atoms in total. The van der Waals surface area contributed by atoms with E-state index in [0.29, 0.717) is 33.0 Å². The minimum Gasteiger partial charge on any atom is -0.383 e. The number of methoxy groups -OCH3 is 1. The zero-order chi connectivity index (χ0) is 14.5. The molecule has 0 heterocycles. The number of aryl methyl sites for hydroxylation is 1. The monoisotopic (exact) mass is 281 g/mol. The van der Waals surface area contributed by atoms with Crippen molar-refractivity contribution in [2.75, 3.05) is 52.0 Å². The summed E-state index contributed by atoms with van der Waals surface area (Å²) in [5.41, 5.74) is 2.59. The van der Waals surface area contributed by atoms with Gasteiger partial charge in [-0.15, -0.1) is 0 Å². The third-order valence-electron chi connectivity index (χ3n) is 2.90. The first-order valence-corrected chi connectivity index (χ1v) is 7.34. The van der Waals surface area contributed by atoms with Crippen LogP contribution in [0.15, 0.2) is 24.3 Å². The van der Waals surface area contributed by atoms with E-state index in [9.17, 15) is 0 Å². The molecule has 1 N–H and O–H groups in total. The Hall–Kier alpha value is -1.10. The lowest BCUT2D eigenvalue weighted by molar-refractivity contribution is 0.0272. The second-order valence-corrected chi connectivity index (χ2v) is 4.55. The van der Waals surface area contributed by atoms with Crippen molar-refractivity contribution in [3.8, 4) is 0 Å². The average Bonchev–Trinajstić information content (AvgIpc) is 2.47. The van der Waals surface area contributed by atoms with Gasteiger partial charge in [-0.2, -0.15) is 0 Å². The number of nitrogens with one attached hydrogen (secondary N) is 1. The summed E-state index contributed by atoms with van der Waals surface area (Å²) in [7, 11) is 1.67.